The molecule has 1 atom stereocenters. The van der Waals surface area contributed by atoms with Crippen LogP contribution >= 0.6 is 0 Å². The molecule has 1 rings (SSSR count). The maximum Gasteiger partial charge on any atom is 0.407 e. The number of phenols is 1. The lowest BCUT2D eigenvalue weighted by Crippen LogP contribution is -2.44. The summed E-state index contributed by atoms with van der Waals surface area (Å²) in [4.78, 5) is 23.9. The van der Waals surface area contributed by atoms with Gasteiger partial charge in [-0.25, -0.2) is 4.79 Å². The first-order valence-electron chi connectivity index (χ1n) is 8.89. The number of hydrogen-bond acceptors (Lipinski definition) is 6. The minimum Gasteiger partial charge on any atom is -0.507 e. The molecule has 0 aliphatic heterocycles. The third-order valence-corrected chi connectivity index (χ3v) is 3.73. The van der Waals surface area contributed by atoms with Crippen molar-refractivity contribution in [1.29, 1.82) is 5.26 Å². The predicted molar refractivity (Wildman–Crippen MR) is 100 cm³/mol. The van der Waals surface area contributed by atoms with Crippen molar-refractivity contribution in [3.8, 4) is 11.8 Å². The highest BCUT2D eigenvalue weighted by molar-refractivity contribution is 5.70. The van der Waals surface area contributed by atoms with Crippen LogP contribution in [0.4, 0.5) is 4.79 Å². The van der Waals surface area contributed by atoms with E-state index in [9.17, 15) is 14.7 Å². The molecule has 1 aromatic carbocycles. The summed E-state index contributed by atoms with van der Waals surface area (Å²) in [6.45, 7) is 9.20. The van der Waals surface area contributed by atoms with Gasteiger partial charge in [0.15, 0.2) is 0 Å². The third kappa shape index (κ3) is 8.45. The van der Waals surface area contributed by atoms with Gasteiger partial charge < -0.3 is 19.9 Å². The Labute approximate surface area is 160 Å². The first-order valence-corrected chi connectivity index (χ1v) is 8.89. The molecule has 27 heavy (non-hydrogen) atoms. The number of phenolic OH excluding ortho intramolecular Hbond substituents is 1. The van der Waals surface area contributed by atoms with Gasteiger partial charge in [0.1, 0.15) is 24.0 Å². The Morgan fingerprint density at radius 2 is 1.96 bits per heavy atom. The molecule has 0 aromatic heterocycles. The summed E-state index contributed by atoms with van der Waals surface area (Å²) >= 11 is 0. The van der Waals surface area contributed by atoms with Crippen molar-refractivity contribution in [3.05, 3.63) is 29.3 Å². The number of rotatable bonds is 7. The molecule has 0 heterocycles. The molecule has 0 saturated heterocycles. The second-order valence-corrected chi connectivity index (χ2v) is 7.64. The zero-order valence-electron chi connectivity index (χ0n) is 16.5. The number of nitrogens with zero attached hydrogens (tertiary/aromatic N) is 1. The van der Waals surface area contributed by atoms with Crippen molar-refractivity contribution in [2.45, 2.75) is 59.1 Å². The van der Waals surface area contributed by atoms with Crippen LogP contribution in [-0.4, -0.2) is 35.4 Å². The topological polar surface area (TPSA) is 109 Å². The van der Waals surface area contributed by atoms with Crippen LogP contribution in [0.1, 0.15) is 52.2 Å². The number of amides is 1. The molecule has 0 bridgehead atoms. The maximum absolute atomic E-state index is 12.0. The molecule has 0 spiro atoms. The number of esters is 1. The van der Waals surface area contributed by atoms with Crippen molar-refractivity contribution >= 4 is 12.1 Å². The van der Waals surface area contributed by atoms with Crippen molar-refractivity contribution < 1.29 is 24.2 Å². The number of hydrogen-bond donors (Lipinski definition) is 2. The second-order valence-electron chi connectivity index (χ2n) is 7.64. The van der Waals surface area contributed by atoms with Gasteiger partial charge in [0.25, 0.3) is 0 Å². The number of carbonyl (C=O) groups is 2. The number of alkyl carbamates (subject to hydrolysis) is 1. The standard InChI is InChI=1S/C20H28N2O5/c1-13(2)16(22-19(25)27-20(3,4)5)12-26-18(24)9-7-14-6-8-15(11-21)17(23)10-14/h6,8,10,13,16,23H,7,9,12H2,1-5H3,(H,22,25)/t16-/m1/s1. The lowest BCUT2D eigenvalue weighted by Gasteiger charge is -2.25. The number of aryl methyl sites for hydroxylation is 1. The average molecular weight is 376 g/mol. The summed E-state index contributed by atoms with van der Waals surface area (Å²) in [6.07, 6.45) is -0.0442. The van der Waals surface area contributed by atoms with Crippen molar-refractivity contribution in [2.24, 2.45) is 5.92 Å². The Balaban J connectivity index is 2.49. The number of carbonyl (C=O) groups excluding carboxylic acids is 2. The highest BCUT2D eigenvalue weighted by atomic mass is 16.6. The molecule has 0 aliphatic rings. The Morgan fingerprint density at radius 1 is 1.30 bits per heavy atom. The molecular formula is C20H28N2O5. The van der Waals surface area contributed by atoms with Crippen LogP contribution in [0.25, 0.3) is 0 Å². The number of ether oxygens (including phenoxy) is 2. The van der Waals surface area contributed by atoms with Gasteiger partial charge in [-0.2, -0.15) is 5.26 Å². The summed E-state index contributed by atoms with van der Waals surface area (Å²) in [5.41, 5.74) is 0.319. The third-order valence-electron chi connectivity index (χ3n) is 3.73. The smallest absolute Gasteiger partial charge is 0.407 e. The maximum atomic E-state index is 12.0. The van der Waals surface area contributed by atoms with Crippen LogP contribution in [0.5, 0.6) is 5.75 Å². The number of nitrogens with one attached hydrogen (secondary N) is 1. The lowest BCUT2D eigenvalue weighted by atomic mass is 10.1. The molecular weight excluding hydrogens is 348 g/mol. The van der Waals surface area contributed by atoms with E-state index in [0.29, 0.717) is 6.42 Å². The highest BCUT2D eigenvalue weighted by Crippen LogP contribution is 2.18. The molecule has 2 N–H and O–H groups in total. The van der Waals surface area contributed by atoms with Crippen LogP contribution in [0.15, 0.2) is 18.2 Å². The van der Waals surface area contributed by atoms with Gasteiger partial charge in [-0.15, -0.1) is 0 Å². The van der Waals surface area contributed by atoms with Gasteiger partial charge >= 0.3 is 12.1 Å². The average Bonchev–Trinajstić information content (AvgIpc) is 2.54. The molecule has 0 aliphatic carbocycles. The quantitative estimate of drug-likeness (QED) is 0.707. The monoisotopic (exact) mass is 376 g/mol. The van der Waals surface area contributed by atoms with Crippen LogP contribution < -0.4 is 5.32 Å². The highest BCUT2D eigenvalue weighted by Gasteiger charge is 2.22. The molecule has 1 aromatic rings. The van der Waals surface area contributed by atoms with E-state index >= 15 is 0 Å². The van der Waals surface area contributed by atoms with E-state index in [4.69, 9.17) is 14.7 Å². The van der Waals surface area contributed by atoms with Crippen LogP contribution in [0.2, 0.25) is 0 Å². The van der Waals surface area contributed by atoms with Crippen molar-refractivity contribution in [3.63, 3.8) is 0 Å². The van der Waals surface area contributed by atoms with E-state index in [1.165, 1.54) is 12.1 Å². The van der Waals surface area contributed by atoms with E-state index in [1.807, 2.05) is 19.9 Å². The molecule has 7 nitrogen and oxygen atoms in total. The minimum absolute atomic E-state index is 0.0500. The normalized spacial score (nSPS) is 12.2. The van der Waals surface area contributed by atoms with Gasteiger partial charge in [-0.1, -0.05) is 19.9 Å². The Morgan fingerprint density at radius 3 is 2.48 bits per heavy atom. The van der Waals surface area contributed by atoms with E-state index < -0.39 is 17.7 Å². The Bertz CT molecular complexity index is 701. The van der Waals surface area contributed by atoms with Gasteiger partial charge in [-0.3, -0.25) is 4.79 Å². The number of benzene rings is 1. The van der Waals surface area contributed by atoms with Gasteiger partial charge in [-0.05, 0) is 50.8 Å². The first-order chi connectivity index (χ1) is 12.5. The van der Waals surface area contributed by atoms with E-state index in [2.05, 4.69) is 5.32 Å². The largest absolute Gasteiger partial charge is 0.507 e. The molecule has 1 amide bonds. The summed E-state index contributed by atoms with van der Waals surface area (Å²) < 4.78 is 10.5. The zero-order chi connectivity index (χ0) is 20.6. The summed E-state index contributed by atoms with van der Waals surface area (Å²) in [6, 6.07) is 6.18. The van der Waals surface area contributed by atoms with E-state index in [1.54, 1.807) is 26.8 Å². The molecule has 0 fully saturated rings. The molecule has 0 unspecified atom stereocenters. The van der Waals surface area contributed by atoms with Crippen molar-refractivity contribution in [2.75, 3.05) is 6.61 Å². The fraction of sp³-hybridized carbons (Fsp3) is 0.550. The summed E-state index contributed by atoms with van der Waals surface area (Å²) in [7, 11) is 0. The van der Waals surface area contributed by atoms with Crippen LogP contribution in [0.3, 0.4) is 0 Å². The first kappa shape index (κ1) is 22.3. The SMILES string of the molecule is CC(C)[C@@H](COC(=O)CCc1ccc(C#N)c(O)c1)NC(=O)OC(C)(C)C. The second kappa shape index (κ2) is 9.81. The van der Waals surface area contributed by atoms with E-state index in [-0.39, 0.29) is 36.3 Å². The number of nitriles is 1. The van der Waals surface area contributed by atoms with Gasteiger partial charge in [0, 0.05) is 6.42 Å². The predicted octanol–water partition coefficient (Wildman–Crippen LogP) is 3.29. The molecule has 0 radical (unpaired) electrons. The van der Waals surface area contributed by atoms with Crippen LogP contribution in [-0.2, 0) is 20.7 Å². The summed E-state index contributed by atoms with van der Waals surface area (Å²) in [5.74, 6) is -0.457. The lowest BCUT2D eigenvalue weighted by molar-refractivity contribution is -0.144. The fourth-order valence-electron chi connectivity index (χ4n) is 2.19. The van der Waals surface area contributed by atoms with Gasteiger partial charge in [0.2, 0.25) is 0 Å². The van der Waals surface area contributed by atoms with E-state index in [0.717, 1.165) is 5.56 Å². The fourth-order valence-corrected chi connectivity index (χ4v) is 2.19. The Kier molecular flexibility index (Phi) is 8.10. The Hall–Kier alpha value is -2.75. The zero-order valence-corrected chi connectivity index (χ0v) is 16.5. The minimum atomic E-state index is -0.602. The van der Waals surface area contributed by atoms with Gasteiger partial charge in [0.05, 0.1) is 11.6 Å². The molecule has 0 saturated carbocycles. The number of aromatic hydroxyl groups is 1. The summed E-state index contributed by atoms with van der Waals surface area (Å²) in [5, 5.41) is 21.2. The molecule has 148 valence electrons. The molecule has 7 heteroatoms. The van der Waals surface area contributed by atoms with Crippen LogP contribution in [0, 0.1) is 17.2 Å². The van der Waals surface area contributed by atoms with Crippen molar-refractivity contribution in [1.82, 2.24) is 5.32 Å².